The second-order valence-electron chi connectivity index (χ2n) is 4.51. The first-order valence-corrected chi connectivity index (χ1v) is 6.23. The molecule has 0 aliphatic carbocycles. The van der Waals surface area contributed by atoms with E-state index in [1.54, 1.807) is 0 Å². The number of hydrogen-bond donors (Lipinski definition) is 1. The SMILES string of the molecule is Cc1ccc(C)c(OCc2nnc(CCO)o2)c1C. The Bertz CT molecular complexity index is 564. The van der Waals surface area contributed by atoms with Crippen LogP contribution in [-0.2, 0) is 13.0 Å². The van der Waals surface area contributed by atoms with E-state index < -0.39 is 0 Å². The van der Waals surface area contributed by atoms with Crippen LogP contribution < -0.4 is 4.74 Å². The van der Waals surface area contributed by atoms with Crippen molar-refractivity contribution in [2.75, 3.05) is 6.61 Å². The van der Waals surface area contributed by atoms with Gasteiger partial charge in [-0.15, -0.1) is 10.2 Å². The number of nitrogens with zero attached hydrogens (tertiary/aromatic N) is 2. The second kappa shape index (κ2) is 5.84. The molecule has 0 bridgehead atoms. The Labute approximate surface area is 112 Å². The second-order valence-corrected chi connectivity index (χ2v) is 4.51. The van der Waals surface area contributed by atoms with Gasteiger partial charge in [-0.3, -0.25) is 0 Å². The van der Waals surface area contributed by atoms with E-state index in [-0.39, 0.29) is 13.2 Å². The summed E-state index contributed by atoms with van der Waals surface area (Å²) in [7, 11) is 0. The summed E-state index contributed by atoms with van der Waals surface area (Å²) >= 11 is 0. The Balaban J connectivity index is 2.07. The molecule has 102 valence electrons. The lowest BCUT2D eigenvalue weighted by molar-refractivity contribution is 0.247. The standard InChI is InChI=1S/C14H18N2O3/c1-9-4-5-10(2)14(11(9)3)18-8-13-16-15-12(19-13)6-7-17/h4-5,17H,6-8H2,1-3H3. The van der Waals surface area contributed by atoms with Gasteiger partial charge in [-0.1, -0.05) is 12.1 Å². The first-order valence-electron chi connectivity index (χ1n) is 6.23. The molecular formula is C14H18N2O3. The molecule has 0 amide bonds. The zero-order chi connectivity index (χ0) is 13.8. The van der Waals surface area contributed by atoms with Crippen LogP contribution in [0.2, 0.25) is 0 Å². The van der Waals surface area contributed by atoms with Crippen LogP contribution in [0.4, 0.5) is 0 Å². The van der Waals surface area contributed by atoms with E-state index in [1.165, 1.54) is 5.56 Å². The molecule has 0 spiro atoms. The van der Waals surface area contributed by atoms with Gasteiger partial charge in [-0.05, 0) is 37.5 Å². The number of aryl methyl sites for hydroxylation is 2. The van der Waals surface area contributed by atoms with Gasteiger partial charge in [-0.2, -0.15) is 0 Å². The molecule has 0 fully saturated rings. The normalized spacial score (nSPS) is 10.7. The molecule has 1 aromatic carbocycles. The molecule has 0 aliphatic heterocycles. The Morgan fingerprint density at radius 3 is 2.53 bits per heavy atom. The van der Waals surface area contributed by atoms with E-state index in [0.717, 1.165) is 16.9 Å². The minimum Gasteiger partial charge on any atom is -0.483 e. The van der Waals surface area contributed by atoms with Crippen molar-refractivity contribution >= 4 is 0 Å². The fourth-order valence-corrected chi connectivity index (χ4v) is 1.82. The highest BCUT2D eigenvalue weighted by Gasteiger charge is 2.10. The third-order valence-electron chi connectivity index (χ3n) is 3.05. The van der Waals surface area contributed by atoms with Gasteiger partial charge >= 0.3 is 0 Å². The summed E-state index contributed by atoms with van der Waals surface area (Å²) in [5.41, 5.74) is 3.39. The molecule has 0 saturated heterocycles. The summed E-state index contributed by atoms with van der Waals surface area (Å²) < 4.78 is 11.1. The minimum absolute atomic E-state index is 0.00140. The van der Waals surface area contributed by atoms with Gasteiger partial charge < -0.3 is 14.3 Å². The Hall–Kier alpha value is -1.88. The number of aliphatic hydroxyl groups excluding tert-OH is 1. The molecule has 0 radical (unpaired) electrons. The van der Waals surface area contributed by atoms with Gasteiger partial charge in [0.15, 0.2) is 6.61 Å². The summed E-state index contributed by atoms with van der Waals surface area (Å²) in [6.45, 7) is 6.32. The maximum atomic E-state index is 8.78. The van der Waals surface area contributed by atoms with Gasteiger partial charge in [0.25, 0.3) is 5.89 Å². The van der Waals surface area contributed by atoms with E-state index in [9.17, 15) is 0 Å². The van der Waals surface area contributed by atoms with E-state index in [2.05, 4.69) is 16.3 Å². The molecular weight excluding hydrogens is 244 g/mol. The van der Waals surface area contributed by atoms with Crippen molar-refractivity contribution in [2.24, 2.45) is 0 Å². The molecule has 5 nitrogen and oxygen atoms in total. The highest BCUT2D eigenvalue weighted by Crippen LogP contribution is 2.26. The molecule has 1 aromatic heterocycles. The molecule has 2 aromatic rings. The highest BCUT2D eigenvalue weighted by atomic mass is 16.5. The third kappa shape index (κ3) is 3.12. The molecule has 0 aliphatic rings. The zero-order valence-corrected chi connectivity index (χ0v) is 11.4. The lowest BCUT2D eigenvalue weighted by atomic mass is 10.1. The van der Waals surface area contributed by atoms with Crippen molar-refractivity contribution in [3.05, 3.63) is 40.6 Å². The number of hydrogen-bond acceptors (Lipinski definition) is 5. The molecule has 0 atom stereocenters. The van der Waals surface area contributed by atoms with Crippen LogP contribution in [0, 0.1) is 20.8 Å². The zero-order valence-electron chi connectivity index (χ0n) is 11.4. The Morgan fingerprint density at radius 2 is 1.79 bits per heavy atom. The molecule has 5 heteroatoms. The first kappa shape index (κ1) is 13.5. The fourth-order valence-electron chi connectivity index (χ4n) is 1.82. The van der Waals surface area contributed by atoms with Crippen LogP contribution in [-0.4, -0.2) is 21.9 Å². The van der Waals surface area contributed by atoms with Gasteiger partial charge in [0.1, 0.15) is 5.75 Å². The van der Waals surface area contributed by atoms with Crippen LogP contribution in [0.3, 0.4) is 0 Å². The Morgan fingerprint density at radius 1 is 1.11 bits per heavy atom. The van der Waals surface area contributed by atoms with Crippen LogP contribution >= 0.6 is 0 Å². The monoisotopic (exact) mass is 262 g/mol. The highest BCUT2D eigenvalue weighted by molar-refractivity contribution is 5.44. The first-order chi connectivity index (χ1) is 9.11. The predicted octanol–water partition coefficient (Wildman–Crippen LogP) is 2.11. The number of aliphatic hydroxyl groups is 1. The molecule has 19 heavy (non-hydrogen) atoms. The summed E-state index contributed by atoms with van der Waals surface area (Å²) in [6, 6.07) is 4.10. The van der Waals surface area contributed by atoms with Gasteiger partial charge in [-0.25, -0.2) is 0 Å². The van der Waals surface area contributed by atoms with Crippen molar-refractivity contribution in [3.63, 3.8) is 0 Å². The van der Waals surface area contributed by atoms with Gasteiger partial charge in [0.05, 0.1) is 6.61 Å². The number of benzene rings is 1. The fraction of sp³-hybridized carbons (Fsp3) is 0.429. The predicted molar refractivity (Wildman–Crippen MR) is 70.1 cm³/mol. The summed E-state index contributed by atoms with van der Waals surface area (Å²) in [5, 5.41) is 16.5. The third-order valence-corrected chi connectivity index (χ3v) is 3.05. The maximum absolute atomic E-state index is 8.78. The number of ether oxygens (including phenoxy) is 1. The van der Waals surface area contributed by atoms with Crippen molar-refractivity contribution in [3.8, 4) is 5.75 Å². The quantitative estimate of drug-likeness (QED) is 0.893. The minimum atomic E-state index is -0.00140. The number of aromatic nitrogens is 2. The van der Waals surface area contributed by atoms with Crippen LogP contribution in [0.15, 0.2) is 16.5 Å². The van der Waals surface area contributed by atoms with Crippen molar-refractivity contribution in [2.45, 2.75) is 33.8 Å². The van der Waals surface area contributed by atoms with Crippen molar-refractivity contribution in [1.29, 1.82) is 0 Å². The van der Waals surface area contributed by atoms with Crippen LogP contribution in [0.5, 0.6) is 5.75 Å². The van der Waals surface area contributed by atoms with Crippen LogP contribution in [0.1, 0.15) is 28.5 Å². The topological polar surface area (TPSA) is 68.4 Å². The summed E-state index contributed by atoms with van der Waals surface area (Å²) in [4.78, 5) is 0. The van der Waals surface area contributed by atoms with E-state index in [0.29, 0.717) is 18.2 Å². The molecule has 1 N–H and O–H groups in total. The number of rotatable bonds is 5. The molecule has 1 heterocycles. The van der Waals surface area contributed by atoms with Gasteiger partial charge in [0, 0.05) is 6.42 Å². The average molecular weight is 262 g/mol. The molecule has 0 saturated carbocycles. The molecule has 2 rings (SSSR count). The van der Waals surface area contributed by atoms with Crippen molar-refractivity contribution in [1.82, 2.24) is 10.2 Å². The van der Waals surface area contributed by atoms with Crippen molar-refractivity contribution < 1.29 is 14.3 Å². The van der Waals surface area contributed by atoms with E-state index in [4.69, 9.17) is 14.3 Å². The lowest BCUT2D eigenvalue weighted by Crippen LogP contribution is -2.00. The Kier molecular flexibility index (Phi) is 4.16. The van der Waals surface area contributed by atoms with E-state index >= 15 is 0 Å². The van der Waals surface area contributed by atoms with E-state index in [1.807, 2.05) is 26.8 Å². The smallest absolute Gasteiger partial charge is 0.253 e. The maximum Gasteiger partial charge on any atom is 0.253 e. The molecule has 0 unspecified atom stereocenters. The largest absolute Gasteiger partial charge is 0.483 e. The summed E-state index contributed by atoms with van der Waals surface area (Å²) in [6.07, 6.45) is 0.371. The summed E-state index contributed by atoms with van der Waals surface area (Å²) in [5.74, 6) is 1.71. The lowest BCUT2D eigenvalue weighted by Gasteiger charge is -2.12. The van der Waals surface area contributed by atoms with Gasteiger partial charge in [0.2, 0.25) is 5.89 Å². The van der Waals surface area contributed by atoms with Crippen LogP contribution in [0.25, 0.3) is 0 Å². The average Bonchev–Trinajstić information content (AvgIpc) is 2.82.